The van der Waals surface area contributed by atoms with Crippen LogP contribution >= 0.6 is 11.3 Å². The van der Waals surface area contributed by atoms with Crippen molar-refractivity contribution in [1.29, 1.82) is 0 Å². The summed E-state index contributed by atoms with van der Waals surface area (Å²) in [5, 5.41) is 0.909. The maximum Gasteiger partial charge on any atom is 0.228 e. The van der Waals surface area contributed by atoms with E-state index in [1.54, 1.807) is 28.2 Å². The van der Waals surface area contributed by atoms with Crippen LogP contribution in [0.25, 0.3) is 10.2 Å². The first kappa shape index (κ1) is 17.7. The van der Waals surface area contributed by atoms with Crippen molar-refractivity contribution in [3.05, 3.63) is 59.1 Å². The summed E-state index contributed by atoms with van der Waals surface area (Å²) in [5.74, 6) is -0.305. The number of carbonyl (C=O) groups is 2. The molecule has 2 aromatic carbocycles. The Kier molecular flexibility index (Phi) is 4.66. The van der Waals surface area contributed by atoms with Crippen molar-refractivity contribution < 1.29 is 9.59 Å². The number of carbonyl (C=O) groups excluding carboxylic acids is 2. The monoisotopic (exact) mass is 379 g/mol. The van der Waals surface area contributed by atoms with Crippen molar-refractivity contribution in [2.45, 2.75) is 19.9 Å². The highest BCUT2D eigenvalue weighted by Gasteiger charge is 2.36. The molecular weight excluding hydrogens is 358 g/mol. The zero-order chi connectivity index (χ0) is 19.0. The van der Waals surface area contributed by atoms with Crippen molar-refractivity contribution in [1.82, 2.24) is 9.88 Å². The van der Waals surface area contributed by atoms with Gasteiger partial charge in [-0.05, 0) is 31.2 Å². The number of thiazole rings is 1. The second-order valence-corrected chi connectivity index (χ2v) is 8.13. The van der Waals surface area contributed by atoms with Gasteiger partial charge >= 0.3 is 0 Å². The average Bonchev–Trinajstić information content (AvgIpc) is 3.24. The molecule has 6 heteroatoms. The third-order valence-electron chi connectivity index (χ3n) is 4.91. The van der Waals surface area contributed by atoms with Gasteiger partial charge in [-0.2, -0.15) is 0 Å². The summed E-state index contributed by atoms with van der Waals surface area (Å²) < 4.78 is 1.12. The Morgan fingerprint density at radius 1 is 1.22 bits per heavy atom. The Hall–Kier alpha value is -2.73. The van der Waals surface area contributed by atoms with Gasteiger partial charge in [-0.1, -0.05) is 29.8 Å². The molecule has 2 amide bonds. The second kappa shape index (κ2) is 7.12. The fourth-order valence-electron chi connectivity index (χ4n) is 3.43. The standard InChI is InChI=1S/C21H21N3O2S/c1-14-7-9-16(10-8-14)24-12-15(11-20(24)25)21(26)23(2)13-19-22-17-5-3-4-6-18(17)27-19/h3-10,15H,11-13H2,1-2H3. The molecule has 138 valence electrons. The van der Waals surface area contributed by atoms with Crippen molar-refractivity contribution in [2.24, 2.45) is 5.92 Å². The van der Waals surface area contributed by atoms with Crippen LogP contribution in [0.1, 0.15) is 17.0 Å². The molecule has 1 unspecified atom stereocenters. The van der Waals surface area contributed by atoms with E-state index in [4.69, 9.17) is 0 Å². The van der Waals surface area contributed by atoms with E-state index in [0.717, 1.165) is 26.5 Å². The molecule has 4 rings (SSSR count). The highest BCUT2D eigenvalue weighted by Crippen LogP contribution is 2.27. The minimum atomic E-state index is -0.307. The molecule has 2 heterocycles. The summed E-state index contributed by atoms with van der Waals surface area (Å²) in [5.41, 5.74) is 2.96. The van der Waals surface area contributed by atoms with Crippen molar-refractivity contribution in [3.8, 4) is 0 Å². The van der Waals surface area contributed by atoms with Gasteiger partial charge in [0.1, 0.15) is 5.01 Å². The third kappa shape index (κ3) is 3.57. The van der Waals surface area contributed by atoms with E-state index in [0.29, 0.717) is 13.1 Å². The molecule has 1 fully saturated rings. The van der Waals surface area contributed by atoms with Gasteiger partial charge in [0, 0.05) is 25.7 Å². The molecule has 0 N–H and O–H groups in total. The molecule has 27 heavy (non-hydrogen) atoms. The minimum absolute atomic E-state index is 0.00258. The van der Waals surface area contributed by atoms with Crippen molar-refractivity contribution in [2.75, 3.05) is 18.5 Å². The molecule has 1 aliphatic heterocycles. The quantitative estimate of drug-likeness (QED) is 0.696. The summed E-state index contributed by atoms with van der Waals surface area (Å²) in [4.78, 5) is 33.3. The average molecular weight is 379 g/mol. The number of anilines is 1. The number of para-hydroxylation sites is 1. The predicted molar refractivity (Wildman–Crippen MR) is 108 cm³/mol. The molecule has 0 radical (unpaired) electrons. The summed E-state index contributed by atoms with van der Waals surface area (Å²) in [6.07, 6.45) is 0.261. The molecule has 3 aromatic rings. The second-order valence-electron chi connectivity index (χ2n) is 7.01. The van der Waals surface area contributed by atoms with Crippen molar-refractivity contribution in [3.63, 3.8) is 0 Å². The number of rotatable bonds is 4. The Bertz CT molecular complexity index is 963. The van der Waals surface area contributed by atoms with E-state index in [9.17, 15) is 9.59 Å². The molecule has 0 spiro atoms. The molecule has 0 aliphatic carbocycles. The normalized spacial score (nSPS) is 16.9. The summed E-state index contributed by atoms with van der Waals surface area (Å²) >= 11 is 1.60. The minimum Gasteiger partial charge on any atom is -0.339 e. The van der Waals surface area contributed by atoms with Crippen LogP contribution < -0.4 is 4.90 Å². The lowest BCUT2D eigenvalue weighted by atomic mass is 10.1. The predicted octanol–water partition coefficient (Wildman–Crippen LogP) is 3.62. The van der Waals surface area contributed by atoms with Crippen LogP contribution in [0.4, 0.5) is 5.69 Å². The molecule has 5 nitrogen and oxygen atoms in total. The summed E-state index contributed by atoms with van der Waals surface area (Å²) in [6, 6.07) is 15.8. The zero-order valence-corrected chi connectivity index (χ0v) is 16.2. The Labute approximate surface area is 162 Å². The van der Waals surface area contributed by atoms with Crippen molar-refractivity contribution >= 4 is 39.1 Å². The van der Waals surface area contributed by atoms with E-state index in [1.165, 1.54) is 0 Å². The lowest BCUT2D eigenvalue weighted by Gasteiger charge is -2.20. The summed E-state index contributed by atoms with van der Waals surface area (Å²) in [7, 11) is 1.79. The van der Waals surface area contributed by atoms with E-state index >= 15 is 0 Å². The van der Waals surface area contributed by atoms with E-state index in [2.05, 4.69) is 4.98 Å². The number of hydrogen-bond donors (Lipinski definition) is 0. The highest BCUT2D eigenvalue weighted by molar-refractivity contribution is 7.18. The van der Waals surface area contributed by atoms with Crippen LogP contribution in [0.5, 0.6) is 0 Å². The third-order valence-corrected chi connectivity index (χ3v) is 5.93. The maximum atomic E-state index is 12.9. The van der Waals surface area contributed by atoms with Gasteiger partial charge in [-0.25, -0.2) is 4.98 Å². The number of amides is 2. The van der Waals surface area contributed by atoms with Gasteiger partial charge in [0.2, 0.25) is 11.8 Å². The molecular formula is C21H21N3O2S. The first-order chi connectivity index (χ1) is 13.0. The molecule has 1 aliphatic rings. The smallest absolute Gasteiger partial charge is 0.228 e. The van der Waals surface area contributed by atoms with Gasteiger partial charge in [0.05, 0.1) is 22.7 Å². The maximum absolute atomic E-state index is 12.9. The number of hydrogen-bond acceptors (Lipinski definition) is 4. The van der Waals surface area contributed by atoms with E-state index < -0.39 is 0 Å². The highest BCUT2D eigenvalue weighted by atomic mass is 32.1. The van der Waals surface area contributed by atoms with E-state index in [1.807, 2.05) is 55.5 Å². The number of fused-ring (bicyclic) bond motifs is 1. The fourth-order valence-corrected chi connectivity index (χ4v) is 4.45. The number of nitrogens with zero attached hydrogens (tertiary/aromatic N) is 3. The number of aromatic nitrogens is 1. The fraction of sp³-hybridized carbons (Fsp3) is 0.286. The lowest BCUT2D eigenvalue weighted by Crippen LogP contribution is -2.34. The van der Waals surface area contributed by atoms with Gasteiger partial charge in [-0.15, -0.1) is 11.3 Å². The topological polar surface area (TPSA) is 53.5 Å². The van der Waals surface area contributed by atoms with Crippen LogP contribution in [-0.2, 0) is 16.1 Å². The molecule has 0 bridgehead atoms. The van der Waals surface area contributed by atoms with Gasteiger partial charge in [0.15, 0.2) is 0 Å². The van der Waals surface area contributed by atoms with Gasteiger partial charge in [-0.3, -0.25) is 9.59 Å². The molecule has 0 saturated carbocycles. The van der Waals surface area contributed by atoms with Crippen LogP contribution in [0.15, 0.2) is 48.5 Å². The summed E-state index contributed by atoms with van der Waals surface area (Å²) in [6.45, 7) is 2.91. The first-order valence-corrected chi connectivity index (χ1v) is 9.79. The SMILES string of the molecule is Cc1ccc(N2CC(C(=O)N(C)Cc3nc4ccccc4s3)CC2=O)cc1. The zero-order valence-electron chi connectivity index (χ0n) is 15.4. The largest absolute Gasteiger partial charge is 0.339 e. The van der Waals surface area contributed by atoms with Crippen LogP contribution in [0, 0.1) is 12.8 Å². The Morgan fingerprint density at radius 2 is 1.96 bits per heavy atom. The van der Waals surface area contributed by atoms with Crippen LogP contribution in [0.3, 0.4) is 0 Å². The first-order valence-electron chi connectivity index (χ1n) is 8.98. The van der Waals surface area contributed by atoms with Crippen LogP contribution in [0.2, 0.25) is 0 Å². The van der Waals surface area contributed by atoms with Gasteiger partial charge in [0.25, 0.3) is 0 Å². The van der Waals surface area contributed by atoms with E-state index in [-0.39, 0.29) is 24.2 Å². The number of benzene rings is 2. The molecule has 1 saturated heterocycles. The molecule has 1 aromatic heterocycles. The number of aryl methyl sites for hydroxylation is 1. The van der Waals surface area contributed by atoms with Gasteiger partial charge < -0.3 is 9.80 Å². The Morgan fingerprint density at radius 3 is 2.70 bits per heavy atom. The Balaban J connectivity index is 1.44. The lowest BCUT2D eigenvalue weighted by molar-refractivity contribution is -0.135. The molecule has 1 atom stereocenters. The van der Waals surface area contributed by atoms with Crippen LogP contribution in [-0.4, -0.2) is 35.3 Å².